The molecule has 0 atom stereocenters. The van der Waals surface area contributed by atoms with Gasteiger partial charge in [0.2, 0.25) is 0 Å². The first-order valence-corrected chi connectivity index (χ1v) is 9.50. The van der Waals surface area contributed by atoms with Crippen molar-refractivity contribution in [1.82, 2.24) is 14.9 Å². The van der Waals surface area contributed by atoms with Crippen molar-refractivity contribution in [3.8, 4) is 5.75 Å². The van der Waals surface area contributed by atoms with Gasteiger partial charge in [-0.2, -0.15) is 0 Å². The molecule has 0 saturated carbocycles. The molecule has 1 N–H and O–H groups in total. The third-order valence-electron chi connectivity index (χ3n) is 5.31. The van der Waals surface area contributed by atoms with Crippen LogP contribution >= 0.6 is 0 Å². The number of hydrogen-bond acceptors (Lipinski definition) is 3. The van der Waals surface area contributed by atoms with Crippen LogP contribution in [0.1, 0.15) is 40.4 Å². The zero-order valence-corrected chi connectivity index (χ0v) is 16.1. The van der Waals surface area contributed by atoms with Gasteiger partial charge in [-0.1, -0.05) is 0 Å². The molecular weight excluding hydrogens is 402 g/mol. The van der Waals surface area contributed by atoms with E-state index < -0.39 is 6.36 Å². The number of carbonyl (C=O) groups is 1. The van der Waals surface area contributed by atoms with Gasteiger partial charge in [0.1, 0.15) is 17.2 Å². The molecule has 0 aliphatic carbocycles. The highest BCUT2D eigenvalue weighted by atomic mass is 19.4. The van der Waals surface area contributed by atoms with Crippen LogP contribution in [0.5, 0.6) is 5.75 Å². The smallest absolute Gasteiger partial charge is 0.406 e. The molecular formula is C21H19F4N3O2. The molecule has 3 heterocycles. The lowest BCUT2D eigenvalue weighted by Crippen LogP contribution is -2.38. The van der Waals surface area contributed by atoms with Gasteiger partial charge in [0.05, 0.1) is 6.20 Å². The van der Waals surface area contributed by atoms with Crippen molar-refractivity contribution in [2.45, 2.75) is 32.0 Å². The van der Waals surface area contributed by atoms with E-state index in [-0.39, 0.29) is 29.0 Å². The highest BCUT2D eigenvalue weighted by Gasteiger charge is 2.31. The molecule has 30 heavy (non-hydrogen) atoms. The Labute approximate surface area is 169 Å². The lowest BCUT2D eigenvalue weighted by molar-refractivity contribution is -0.274. The number of amides is 1. The van der Waals surface area contributed by atoms with E-state index in [0.717, 1.165) is 23.2 Å². The van der Waals surface area contributed by atoms with Crippen LogP contribution in [0.15, 0.2) is 36.5 Å². The van der Waals surface area contributed by atoms with Crippen LogP contribution in [-0.2, 0) is 0 Å². The van der Waals surface area contributed by atoms with Crippen LogP contribution < -0.4 is 4.74 Å². The summed E-state index contributed by atoms with van der Waals surface area (Å²) in [5.74, 6) is -1.05. The molecule has 0 unspecified atom stereocenters. The SMILES string of the molecule is Cc1cc2c(C3CCN(C(=O)c4ccc(OC(F)(F)F)cc4)CC3)c(F)cnc2[nH]1. The van der Waals surface area contributed by atoms with E-state index in [0.29, 0.717) is 37.1 Å². The number of ether oxygens (including phenoxy) is 1. The third-order valence-corrected chi connectivity index (χ3v) is 5.31. The maximum absolute atomic E-state index is 14.5. The van der Waals surface area contributed by atoms with Gasteiger partial charge < -0.3 is 14.6 Å². The summed E-state index contributed by atoms with van der Waals surface area (Å²) in [5, 5.41) is 0.762. The summed E-state index contributed by atoms with van der Waals surface area (Å²) in [5.41, 5.74) is 2.44. The lowest BCUT2D eigenvalue weighted by atomic mass is 9.87. The molecule has 1 saturated heterocycles. The average Bonchev–Trinajstić information content (AvgIpc) is 3.07. The standard InChI is InChI=1S/C21H19F4N3O2/c1-12-10-16-18(17(22)11-26-19(16)27-12)13-6-8-28(9-7-13)20(29)14-2-4-15(5-3-14)30-21(23,24)25/h2-5,10-11,13H,6-9H2,1H3,(H,26,27). The summed E-state index contributed by atoms with van der Waals surface area (Å²) in [7, 11) is 0. The summed E-state index contributed by atoms with van der Waals surface area (Å²) in [6.45, 7) is 2.74. The van der Waals surface area contributed by atoms with Gasteiger partial charge in [-0.15, -0.1) is 13.2 Å². The highest BCUT2D eigenvalue weighted by Crippen LogP contribution is 2.35. The van der Waals surface area contributed by atoms with Crippen molar-refractivity contribution >= 4 is 16.9 Å². The van der Waals surface area contributed by atoms with E-state index in [2.05, 4.69) is 14.7 Å². The normalized spacial score (nSPS) is 15.6. The van der Waals surface area contributed by atoms with E-state index in [9.17, 15) is 22.4 Å². The van der Waals surface area contributed by atoms with Crippen LogP contribution in [0, 0.1) is 12.7 Å². The van der Waals surface area contributed by atoms with E-state index >= 15 is 0 Å². The summed E-state index contributed by atoms with van der Waals surface area (Å²) in [6, 6.07) is 6.73. The van der Waals surface area contributed by atoms with Crippen molar-refractivity contribution in [3.05, 3.63) is 59.2 Å². The number of hydrogen-bond donors (Lipinski definition) is 1. The first kappa shape index (κ1) is 20.2. The van der Waals surface area contributed by atoms with Crippen molar-refractivity contribution in [1.29, 1.82) is 0 Å². The van der Waals surface area contributed by atoms with Gasteiger partial charge in [0, 0.05) is 35.3 Å². The summed E-state index contributed by atoms with van der Waals surface area (Å²) in [6.07, 6.45) is -2.39. The maximum Gasteiger partial charge on any atom is 0.573 e. The second kappa shape index (κ2) is 7.62. The van der Waals surface area contributed by atoms with Crippen molar-refractivity contribution in [2.75, 3.05) is 13.1 Å². The van der Waals surface area contributed by atoms with Crippen LogP contribution in [0.4, 0.5) is 17.6 Å². The number of alkyl halides is 3. The van der Waals surface area contributed by atoms with Crippen molar-refractivity contribution < 1.29 is 27.1 Å². The summed E-state index contributed by atoms with van der Waals surface area (Å²) >= 11 is 0. The molecule has 9 heteroatoms. The Hall–Kier alpha value is -3.10. The molecule has 1 aliphatic rings. The topological polar surface area (TPSA) is 58.2 Å². The molecule has 0 spiro atoms. The molecule has 0 radical (unpaired) electrons. The number of aromatic nitrogens is 2. The molecule has 158 valence electrons. The summed E-state index contributed by atoms with van der Waals surface area (Å²) in [4.78, 5) is 21.5. The van der Waals surface area contributed by atoms with E-state index in [1.165, 1.54) is 18.3 Å². The fourth-order valence-corrected chi connectivity index (χ4v) is 3.97. The number of benzene rings is 1. The van der Waals surface area contributed by atoms with Gasteiger partial charge >= 0.3 is 6.36 Å². The Morgan fingerprint density at radius 2 is 1.87 bits per heavy atom. The molecule has 5 nitrogen and oxygen atoms in total. The summed E-state index contributed by atoms with van der Waals surface area (Å²) < 4.78 is 55.2. The average molecular weight is 421 g/mol. The second-order valence-electron chi connectivity index (χ2n) is 7.37. The van der Waals surface area contributed by atoms with Gasteiger partial charge in [-0.05, 0) is 56.0 Å². The lowest BCUT2D eigenvalue weighted by Gasteiger charge is -2.32. The number of aryl methyl sites for hydroxylation is 1. The predicted molar refractivity (Wildman–Crippen MR) is 102 cm³/mol. The number of likely N-dealkylation sites (tertiary alicyclic amines) is 1. The number of pyridine rings is 1. The largest absolute Gasteiger partial charge is 0.573 e. The van der Waals surface area contributed by atoms with E-state index in [1.807, 2.05) is 13.0 Å². The molecule has 4 rings (SSSR count). The van der Waals surface area contributed by atoms with E-state index in [1.54, 1.807) is 4.90 Å². The number of rotatable bonds is 3. The van der Waals surface area contributed by atoms with Gasteiger partial charge in [0.25, 0.3) is 5.91 Å². The minimum absolute atomic E-state index is 0.0442. The molecule has 0 bridgehead atoms. The van der Waals surface area contributed by atoms with Gasteiger partial charge in [0.15, 0.2) is 0 Å². The second-order valence-corrected chi connectivity index (χ2v) is 7.37. The van der Waals surface area contributed by atoms with Gasteiger partial charge in [-0.3, -0.25) is 4.79 Å². The van der Waals surface area contributed by atoms with Crippen LogP contribution in [0.25, 0.3) is 11.0 Å². The number of nitrogens with one attached hydrogen (secondary N) is 1. The Morgan fingerprint density at radius 1 is 1.20 bits per heavy atom. The van der Waals surface area contributed by atoms with Crippen LogP contribution in [0.2, 0.25) is 0 Å². The van der Waals surface area contributed by atoms with Crippen molar-refractivity contribution in [2.24, 2.45) is 0 Å². The quantitative estimate of drug-likeness (QED) is 0.610. The fraction of sp³-hybridized carbons (Fsp3) is 0.333. The van der Waals surface area contributed by atoms with Gasteiger partial charge in [-0.25, -0.2) is 9.37 Å². The maximum atomic E-state index is 14.5. The highest BCUT2D eigenvalue weighted by molar-refractivity contribution is 5.94. The number of halogens is 4. The predicted octanol–water partition coefficient (Wildman–Crippen LogP) is 4.93. The first-order valence-electron chi connectivity index (χ1n) is 9.50. The molecule has 1 aromatic carbocycles. The van der Waals surface area contributed by atoms with E-state index in [4.69, 9.17) is 0 Å². The number of H-pyrrole nitrogens is 1. The Morgan fingerprint density at radius 3 is 2.50 bits per heavy atom. The zero-order valence-electron chi connectivity index (χ0n) is 16.1. The Kier molecular flexibility index (Phi) is 5.13. The Balaban J connectivity index is 1.45. The number of carbonyl (C=O) groups excluding carboxylic acids is 1. The van der Waals surface area contributed by atoms with Crippen LogP contribution in [-0.4, -0.2) is 40.2 Å². The first-order chi connectivity index (χ1) is 14.2. The number of aromatic amines is 1. The van der Waals surface area contributed by atoms with Crippen molar-refractivity contribution in [3.63, 3.8) is 0 Å². The minimum Gasteiger partial charge on any atom is -0.406 e. The molecule has 1 fully saturated rings. The third kappa shape index (κ3) is 4.10. The van der Waals surface area contributed by atoms with Crippen LogP contribution in [0.3, 0.4) is 0 Å². The molecule has 1 amide bonds. The molecule has 3 aromatic rings. The monoisotopic (exact) mass is 421 g/mol. The molecule has 2 aromatic heterocycles. The number of piperidine rings is 1. The zero-order chi connectivity index (χ0) is 21.5. The fourth-order valence-electron chi connectivity index (χ4n) is 3.97. The number of nitrogens with zero attached hydrogens (tertiary/aromatic N) is 2. The minimum atomic E-state index is -4.78. The number of fused-ring (bicyclic) bond motifs is 1. The molecule has 1 aliphatic heterocycles. The Bertz CT molecular complexity index is 1070.